The summed E-state index contributed by atoms with van der Waals surface area (Å²) in [7, 11) is 1.55. The number of carbonyl (C=O) groups is 1. The molecule has 2 N–H and O–H groups in total. The summed E-state index contributed by atoms with van der Waals surface area (Å²) in [5, 5.41) is 13.2. The van der Waals surface area contributed by atoms with Crippen LogP contribution in [-0.2, 0) is 9.53 Å². The Morgan fingerprint density at radius 1 is 1.29 bits per heavy atom. The van der Waals surface area contributed by atoms with E-state index in [1.807, 2.05) is 11.0 Å². The maximum atomic E-state index is 13.5. The van der Waals surface area contributed by atoms with Gasteiger partial charge in [-0.05, 0) is 43.7 Å². The first kappa shape index (κ1) is 23.7. The van der Waals surface area contributed by atoms with Crippen molar-refractivity contribution in [2.75, 3.05) is 43.6 Å². The van der Waals surface area contributed by atoms with Gasteiger partial charge in [0, 0.05) is 50.3 Å². The molecule has 2 aliphatic rings. The molecule has 35 heavy (non-hydrogen) atoms. The Morgan fingerprint density at radius 3 is 2.83 bits per heavy atom. The van der Waals surface area contributed by atoms with E-state index in [0.29, 0.717) is 60.5 Å². The van der Waals surface area contributed by atoms with Crippen LogP contribution in [0.15, 0.2) is 35.3 Å². The van der Waals surface area contributed by atoms with Crippen molar-refractivity contribution < 1.29 is 19.4 Å². The second kappa shape index (κ2) is 10.3. The minimum Gasteiger partial charge on any atom is -0.481 e. The normalized spacial score (nSPS) is 19.7. The van der Waals surface area contributed by atoms with Crippen molar-refractivity contribution in [3.05, 3.63) is 40.8 Å². The molecule has 10 nitrogen and oxygen atoms in total. The monoisotopic (exact) mass is 499 g/mol. The van der Waals surface area contributed by atoms with Gasteiger partial charge in [0.05, 0.1) is 13.2 Å². The molecule has 2 saturated heterocycles. The van der Waals surface area contributed by atoms with Crippen LogP contribution < -0.4 is 20.5 Å². The molecule has 1 unspecified atom stereocenters. The average molecular weight is 500 g/mol. The number of rotatable bonds is 7. The van der Waals surface area contributed by atoms with Crippen LogP contribution >= 0.6 is 11.3 Å². The topological polar surface area (TPSA) is 119 Å². The average Bonchev–Trinajstić information content (AvgIpc) is 3.48. The Morgan fingerprint density at radius 2 is 2.11 bits per heavy atom. The molecular formula is C24H29N5O5S. The van der Waals surface area contributed by atoms with Crippen LogP contribution in [0.4, 0.5) is 10.8 Å². The van der Waals surface area contributed by atoms with Gasteiger partial charge in [0.15, 0.2) is 5.13 Å². The lowest BCUT2D eigenvalue weighted by Gasteiger charge is -2.27. The van der Waals surface area contributed by atoms with Gasteiger partial charge in [0.25, 0.3) is 5.56 Å². The lowest BCUT2D eigenvalue weighted by molar-refractivity contribution is -0.120. The highest BCUT2D eigenvalue weighted by Gasteiger charge is 2.28. The number of aromatic nitrogens is 3. The summed E-state index contributed by atoms with van der Waals surface area (Å²) in [5.74, 6) is 0.476. The number of anilines is 2. The number of pyridine rings is 2. The highest BCUT2D eigenvalue weighted by atomic mass is 32.1. The molecule has 2 atom stereocenters. The fourth-order valence-electron chi connectivity index (χ4n) is 4.71. The number of amides is 1. The maximum Gasteiger partial charge on any atom is 0.253 e. The predicted molar refractivity (Wildman–Crippen MR) is 133 cm³/mol. The molecule has 2 fully saturated rings. The number of nitrogens with zero attached hydrogens (tertiary/aromatic N) is 4. The minimum atomic E-state index is -0.682. The summed E-state index contributed by atoms with van der Waals surface area (Å²) in [5.41, 5.74) is 1.19. The number of aliphatic hydroxyl groups excluding tert-OH is 1. The van der Waals surface area contributed by atoms with Crippen LogP contribution in [0.5, 0.6) is 5.88 Å². The highest BCUT2D eigenvalue weighted by Crippen LogP contribution is 2.30. The third-order valence-electron chi connectivity index (χ3n) is 6.67. The van der Waals surface area contributed by atoms with E-state index in [0.717, 1.165) is 18.5 Å². The fourth-order valence-corrected chi connectivity index (χ4v) is 5.54. The van der Waals surface area contributed by atoms with Gasteiger partial charge in [-0.15, -0.1) is 0 Å². The molecule has 0 bridgehead atoms. The summed E-state index contributed by atoms with van der Waals surface area (Å²) in [6.07, 6.45) is 4.23. The molecular weight excluding hydrogens is 470 g/mol. The molecule has 0 aliphatic carbocycles. The Labute approximate surface area is 206 Å². The largest absolute Gasteiger partial charge is 0.481 e. The van der Waals surface area contributed by atoms with Gasteiger partial charge in [0.1, 0.15) is 16.4 Å². The van der Waals surface area contributed by atoms with E-state index in [-0.39, 0.29) is 23.5 Å². The summed E-state index contributed by atoms with van der Waals surface area (Å²) < 4.78 is 12.2. The molecule has 0 saturated carbocycles. The van der Waals surface area contributed by atoms with Crippen LogP contribution in [0.3, 0.4) is 0 Å². The Bertz CT molecular complexity index is 1250. The van der Waals surface area contributed by atoms with E-state index in [2.05, 4.69) is 15.3 Å². The zero-order chi connectivity index (χ0) is 24.4. The molecule has 11 heteroatoms. The lowest BCUT2D eigenvalue weighted by Crippen LogP contribution is -2.35. The first-order chi connectivity index (χ1) is 17.0. The van der Waals surface area contributed by atoms with E-state index in [1.165, 1.54) is 15.9 Å². The summed E-state index contributed by atoms with van der Waals surface area (Å²) in [6.45, 7) is 2.53. The lowest BCUT2D eigenvalue weighted by atomic mass is 9.92. The van der Waals surface area contributed by atoms with Gasteiger partial charge in [-0.2, -0.15) is 0 Å². The number of methoxy groups -OCH3 is 1. The Hall–Kier alpha value is -3.02. The van der Waals surface area contributed by atoms with E-state index in [9.17, 15) is 14.7 Å². The van der Waals surface area contributed by atoms with Crippen molar-refractivity contribution in [2.24, 2.45) is 5.92 Å². The molecule has 3 aromatic rings. The maximum absolute atomic E-state index is 13.5. The second-order valence-electron chi connectivity index (χ2n) is 9.01. The third-order valence-corrected chi connectivity index (χ3v) is 7.55. The van der Waals surface area contributed by atoms with Gasteiger partial charge >= 0.3 is 0 Å². The second-order valence-corrected chi connectivity index (χ2v) is 9.99. The summed E-state index contributed by atoms with van der Waals surface area (Å²) >= 11 is 1.27. The van der Waals surface area contributed by atoms with Crippen LogP contribution in [0, 0.1) is 5.92 Å². The minimum absolute atomic E-state index is 0.244. The smallest absolute Gasteiger partial charge is 0.253 e. The van der Waals surface area contributed by atoms with E-state index < -0.39 is 6.04 Å². The molecule has 3 aromatic heterocycles. The number of carbonyl (C=O) groups excluding carboxylic acids is 1. The van der Waals surface area contributed by atoms with Crippen molar-refractivity contribution in [1.82, 2.24) is 14.5 Å². The van der Waals surface area contributed by atoms with Crippen LogP contribution in [0.1, 0.15) is 31.7 Å². The molecule has 0 aromatic carbocycles. The van der Waals surface area contributed by atoms with Crippen molar-refractivity contribution >= 4 is 38.4 Å². The molecule has 0 spiro atoms. The first-order valence-corrected chi connectivity index (χ1v) is 12.7. The SMILES string of the molecule is COc1ccc2nc(NC(=O)C(CC3CCOCC3)n3ccc(N4CC[C@H](O)C4)cc3=O)sc2n1. The molecule has 5 rings (SSSR count). The zero-order valence-corrected chi connectivity index (χ0v) is 20.4. The summed E-state index contributed by atoms with van der Waals surface area (Å²) in [4.78, 5) is 38.2. The van der Waals surface area contributed by atoms with E-state index in [1.54, 1.807) is 31.5 Å². The van der Waals surface area contributed by atoms with Gasteiger partial charge in [-0.1, -0.05) is 11.3 Å². The van der Waals surface area contributed by atoms with Gasteiger partial charge in [0.2, 0.25) is 11.8 Å². The zero-order valence-electron chi connectivity index (χ0n) is 19.6. The number of hydrogen-bond acceptors (Lipinski definition) is 9. The van der Waals surface area contributed by atoms with Crippen LogP contribution in [0.25, 0.3) is 10.3 Å². The fraction of sp³-hybridized carbons (Fsp3) is 0.500. The molecule has 5 heterocycles. The molecule has 186 valence electrons. The van der Waals surface area contributed by atoms with E-state index >= 15 is 0 Å². The number of aliphatic hydroxyl groups is 1. The number of thiazole rings is 1. The molecule has 0 radical (unpaired) electrons. The van der Waals surface area contributed by atoms with Gasteiger partial charge < -0.3 is 29.4 Å². The molecule has 2 aliphatic heterocycles. The first-order valence-electron chi connectivity index (χ1n) is 11.9. The number of nitrogens with one attached hydrogen (secondary N) is 1. The number of hydrogen-bond donors (Lipinski definition) is 2. The standard InChI is InChI=1S/C24H29N5O5S/c1-33-20-3-2-18-23(26-20)35-24(25-18)27-22(32)19(12-15-6-10-34-11-7-15)29-9-4-16(13-21(29)31)28-8-5-17(30)14-28/h2-4,9,13,15,17,19,30H,5-8,10-12,14H2,1H3,(H,25,27,32)/t17-,19?/m0/s1. The highest BCUT2D eigenvalue weighted by molar-refractivity contribution is 7.21. The van der Waals surface area contributed by atoms with Crippen molar-refractivity contribution in [1.29, 1.82) is 0 Å². The third kappa shape index (κ3) is 5.31. The number of β-amino-alcohol motifs (C(OH)–C–C–N with tert-alkyl or cyclic N) is 1. The number of fused-ring (bicyclic) bond motifs is 1. The Balaban J connectivity index is 1.40. The molecule has 1 amide bonds. The summed E-state index contributed by atoms with van der Waals surface area (Å²) in [6, 6.07) is 6.24. The van der Waals surface area contributed by atoms with Crippen LogP contribution in [-0.4, -0.2) is 65.1 Å². The predicted octanol–water partition coefficient (Wildman–Crippen LogP) is 2.43. The van der Waals surface area contributed by atoms with Crippen molar-refractivity contribution in [3.63, 3.8) is 0 Å². The number of ether oxygens (including phenoxy) is 2. The van der Waals surface area contributed by atoms with Gasteiger partial charge in [-0.3, -0.25) is 9.59 Å². The van der Waals surface area contributed by atoms with Gasteiger partial charge in [-0.25, -0.2) is 9.97 Å². The van der Waals surface area contributed by atoms with Crippen molar-refractivity contribution in [3.8, 4) is 5.88 Å². The quantitative estimate of drug-likeness (QED) is 0.509. The van der Waals surface area contributed by atoms with Crippen LogP contribution in [0.2, 0.25) is 0 Å². The van der Waals surface area contributed by atoms with E-state index in [4.69, 9.17) is 9.47 Å². The van der Waals surface area contributed by atoms with Crippen molar-refractivity contribution in [2.45, 2.75) is 37.8 Å². The Kier molecular flexibility index (Phi) is 6.98.